The number of carboxylic acid groups (broad SMARTS) is 1. The van der Waals surface area contributed by atoms with Gasteiger partial charge in [-0.25, -0.2) is 9.59 Å². The highest BCUT2D eigenvalue weighted by Gasteiger charge is 2.25. The maximum absolute atomic E-state index is 12.0. The molecule has 0 saturated carbocycles. The fraction of sp³-hybridized carbons (Fsp3) is 0.529. The summed E-state index contributed by atoms with van der Waals surface area (Å²) in [6.07, 6.45) is -0.293. The Morgan fingerprint density at radius 1 is 1.17 bits per heavy atom. The lowest BCUT2D eigenvalue weighted by Gasteiger charge is -2.35. The molecule has 132 valence electrons. The van der Waals surface area contributed by atoms with E-state index in [1.165, 1.54) is 6.07 Å². The van der Waals surface area contributed by atoms with E-state index in [0.29, 0.717) is 37.7 Å². The van der Waals surface area contributed by atoms with Crippen LogP contribution in [-0.4, -0.2) is 58.7 Å². The van der Waals surface area contributed by atoms with Crippen molar-refractivity contribution >= 4 is 23.7 Å². The zero-order valence-corrected chi connectivity index (χ0v) is 15.0. The lowest BCUT2D eigenvalue weighted by Crippen LogP contribution is -2.49. The summed E-state index contributed by atoms with van der Waals surface area (Å²) in [4.78, 5) is 27.0. The Kier molecular flexibility index (Phi) is 5.72. The number of carbonyl (C=O) groups excluding carboxylic acids is 1. The second kappa shape index (κ2) is 7.40. The van der Waals surface area contributed by atoms with Crippen molar-refractivity contribution in [3.63, 3.8) is 0 Å². The molecule has 7 heteroatoms. The Hall–Kier alpha value is -1.79. The molecule has 0 unspecified atom stereocenters. The van der Waals surface area contributed by atoms with Crippen molar-refractivity contribution in [2.45, 2.75) is 32.9 Å². The molecule has 1 heterocycles. The summed E-state index contributed by atoms with van der Waals surface area (Å²) in [5.41, 5.74) is 0.540. The summed E-state index contributed by atoms with van der Waals surface area (Å²) in [6.45, 7) is 8.72. The third-order valence-corrected chi connectivity index (χ3v) is 3.85. The smallest absolute Gasteiger partial charge is 0.410 e. The number of carboxylic acids is 1. The van der Waals surface area contributed by atoms with E-state index in [1.807, 2.05) is 20.8 Å². The minimum atomic E-state index is -0.992. The van der Waals surface area contributed by atoms with Gasteiger partial charge in [0.15, 0.2) is 0 Å². The van der Waals surface area contributed by atoms with Gasteiger partial charge in [-0.3, -0.25) is 4.90 Å². The van der Waals surface area contributed by atoms with Gasteiger partial charge in [0.2, 0.25) is 0 Å². The van der Waals surface area contributed by atoms with Crippen LogP contribution in [0.3, 0.4) is 0 Å². The maximum atomic E-state index is 12.0. The number of amides is 1. The van der Waals surface area contributed by atoms with Crippen LogP contribution in [0.4, 0.5) is 4.79 Å². The molecule has 1 saturated heterocycles. The third kappa shape index (κ3) is 5.39. The first-order valence-electron chi connectivity index (χ1n) is 7.87. The van der Waals surface area contributed by atoms with Crippen molar-refractivity contribution in [1.82, 2.24) is 9.80 Å². The van der Waals surface area contributed by atoms with Gasteiger partial charge in [0.25, 0.3) is 0 Å². The SMILES string of the molecule is CC(C)(C)OC(=O)N1CCN(Cc2cc(Cl)cc(C(=O)O)c2)CC1. The van der Waals surface area contributed by atoms with E-state index in [4.69, 9.17) is 21.4 Å². The minimum absolute atomic E-state index is 0.185. The zero-order chi connectivity index (χ0) is 17.9. The largest absolute Gasteiger partial charge is 0.478 e. The van der Waals surface area contributed by atoms with Gasteiger partial charge >= 0.3 is 12.1 Å². The van der Waals surface area contributed by atoms with Gasteiger partial charge in [-0.05, 0) is 44.5 Å². The number of nitrogens with zero attached hydrogens (tertiary/aromatic N) is 2. The molecule has 1 aliphatic rings. The van der Waals surface area contributed by atoms with E-state index in [0.717, 1.165) is 5.56 Å². The Balaban J connectivity index is 1.92. The zero-order valence-electron chi connectivity index (χ0n) is 14.2. The van der Waals surface area contributed by atoms with Gasteiger partial charge in [0.1, 0.15) is 5.60 Å². The summed E-state index contributed by atoms with van der Waals surface area (Å²) in [6, 6.07) is 4.84. The van der Waals surface area contributed by atoms with E-state index >= 15 is 0 Å². The second-order valence-corrected chi connectivity index (χ2v) is 7.33. The summed E-state index contributed by atoms with van der Waals surface area (Å²) < 4.78 is 5.37. The molecule has 0 bridgehead atoms. The molecule has 1 amide bonds. The van der Waals surface area contributed by atoms with Crippen LogP contribution >= 0.6 is 11.6 Å². The highest BCUT2D eigenvalue weighted by atomic mass is 35.5. The fourth-order valence-corrected chi connectivity index (χ4v) is 2.80. The summed E-state index contributed by atoms with van der Waals surface area (Å²) in [5, 5.41) is 9.51. The molecule has 1 N–H and O–H groups in total. The number of halogens is 1. The number of aromatic carboxylic acids is 1. The van der Waals surface area contributed by atoms with Crippen molar-refractivity contribution in [3.8, 4) is 0 Å². The van der Waals surface area contributed by atoms with Crippen LogP contribution in [0.5, 0.6) is 0 Å². The molecule has 6 nitrogen and oxygen atoms in total. The number of ether oxygens (including phenoxy) is 1. The van der Waals surface area contributed by atoms with E-state index in [9.17, 15) is 9.59 Å². The van der Waals surface area contributed by atoms with Crippen molar-refractivity contribution < 1.29 is 19.4 Å². The van der Waals surface area contributed by atoms with Crippen LogP contribution < -0.4 is 0 Å². The van der Waals surface area contributed by atoms with E-state index in [2.05, 4.69) is 4.90 Å². The van der Waals surface area contributed by atoms with Crippen LogP contribution in [0, 0.1) is 0 Å². The van der Waals surface area contributed by atoms with Gasteiger partial charge in [-0.2, -0.15) is 0 Å². The highest BCUT2D eigenvalue weighted by molar-refractivity contribution is 6.31. The molecule has 1 aliphatic heterocycles. The van der Waals surface area contributed by atoms with Gasteiger partial charge < -0.3 is 14.7 Å². The standard InChI is InChI=1S/C17H23ClN2O4/c1-17(2,3)24-16(23)20-6-4-19(5-7-20)11-12-8-13(15(21)22)10-14(18)9-12/h8-10H,4-7,11H2,1-3H3,(H,21,22). The Labute approximate surface area is 146 Å². The number of rotatable bonds is 3. The first-order valence-corrected chi connectivity index (χ1v) is 8.25. The molecule has 0 atom stereocenters. The quantitative estimate of drug-likeness (QED) is 0.903. The first-order chi connectivity index (χ1) is 11.1. The van der Waals surface area contributed by atoms with Crippen LogP contribution in [0.25, 0.3) is 0 Å². The molecule has 1 aromatic carbocycles. The third-order valence-electron chi connectivity index (χ3n) is 3.63. The Morgan fingerprint density at radius 3 is 2.33 bits per heavy atom. The summed E-state index contributed by atoms with van der Waals surface area (Å²) in [5.74, 6) is -0.992. The molecule has 1 aromatic rings. The van der Waals surface area contributed by atoms with Crippen molar-refractivity contribution in [3.05, 3.63) is 34.3 Å². The van der Waals surface area contributed by atoms with Gasteiger partial charge in [0, 0.05) is 37.7 Å². The predicted octanol–water partition coefficient (Wildman–Crippen LogP) is 3.09. The van der Waals surface area contributed by atoms with E-state index in [1.54, 1.807) is 17.0 Å². The Bertz CT molecular complexity index is 620. The molecule has 0 aromatic heterocycles. The number of benzene rings is 1. The predicted molar refractivity (Wildman–Crippen MR) is 91.5 cm³/mol. The second-order valence-electron chi connectivity index (χ2n) is 6.90. The number of hydrogen-bond acceptors (Lipinski definition) is 4. The van der Waals surface area contributed by atoms with Gasteiger partial charge in [0.05, 0.1) is 5.56 Å². The molecular formula is C17H23ClN2O4. The maximum Gasteiger partial charge on any atom is 0.410 e. The van der Waals surface area contributed by atoms with Crippen molar-refractivity contribution in [1.29, 1.82) is 0 Å². The molecule has 0 radical (unpaired) electrons. The highest BCUT2D eigenvalue weighted by Crippen LogP contribution is 2.18. The topological polar surface area (TPSA) is 70.1 Å². The number of hydrogen-bond donors (Lipinski definition) is 1. The fourth-order valence-electron chi connectivity index (χ4n) is 2.54. The van der Waals surface area contributed by atoms with Gasteiger partial charge in [-0.15, -0.1) is 0 Å². The minimum Gasteiger partial charge on any atom is -0.478 e. The molecular weight excluding hydrogens is 332 g/mol. The molecule has 24 heavy (non-hydrogen) atoms. The molecule has 2 rings (SSSR count). The number of piperazine rings is 1. The van der Waals surface area contributed by atoms with Crippen molar-refractivity contribution in [2.24, 2.45) is 0 Å². The first kappa shape index (κ1) is 18.5. The molecule has 0 spiro atoms. The normalized spacial score (nSPS) is 16.1. The van der Waals surface area contributed by atoms with E-state index in [-0.39, 0.29) is 11.7 Å². The lowest BCUT2D eigenvalue weighted by atomic mass is 10.1. The van der Waals surface area contributed by atoms with Crippen LogP contribution in [0.15, 0.2) is 18.2 Å². The van der Waals surface area contributed by atoms with E-state index < -0.39 is 11.6 Å². The average Bonchev–Trinajstić information content (AvgIpc) is 2.45. The summed E-state index contributed by atoms with van der Waals surface area (Å²) in [7, 11) is 0. The van der Waals surface area contributed by atoms with Crippen LogP contribution in [0.2, 0.25) is 5.02 Å². The lowest BCUT2D eigenvalue weighted by molar-refractivity contribution is 0.0138. The average molecular weight is 355 g/mol. The molecule has 1 fully saturated rings. The van der Waals surface area contributed by atoms with Crippen LogP contribution in [0.1, 0.15) is 36.7 Å². The van der Waals surface area contributed by atoms with Gasteiger partial charge in [-0.1, -0.05) is 11.6 Å². The van der Waals surface area contributed by atoms with Crippen LogP contribution in [-0.2, 0) is 11.3 Å². The number of carbonyl (C=O) groups is 2. The molecule has 0 aliphatic carbocycles. The summed E-state index contributed by atoms with van der Waals surface area (Å²) >= 11 is 5.99. The Morgan fingerprint density at radius 2 is 1.79 bits per heavy atom. The monoisotopic (exact) mass is 354 g/mol. The van der Waals surface area contributed by atoms with Crippen molar-refractivity contribution in [2.75, 3.05) is 26.2 Å².